The smallest absolute Gasteiger partial charge is 0.255 e. The molecule has 5 heteroatoms. The summed E-state index contributed by atoms with van der Waals surface area (Å²) in [5.74, 6) is 0.391. The molecule has 1 aliphatic rings. The Labute approximate surface area is 131 Å². The molecule has 0 bridgehead atoms. The maximum atomic E-state index is 12.3. The molecule has 0 unspecified atom stereocenters. The van der Waals surface area contributed by atoms with Crippen LogP contribution >= 0.6 is 11.6 Å². The van der Waals surface area contributed by atoms with E-state index in [2.05, 4.69) is 5.32 Å². The standard InChI is InChI=1S/C16H23ClN2O2/c1-16(2,18)10-19-15(20)13-9-11(17)7-8-14(13)21-12-5-3-4-6-12/h7-9,12H,3-6,10,18H2,1-2H3,(H,19,20). The molecule has 1 aromatic carbocycles. The minimum absolute atomic E-state index is 0.198. The molecule has 0 saturated heterocycles. The number of nitrogens with one attached hydrogen (secondary N) is 1. The number of benzene rings is 1. The van der Waals surface area contributed by atoms with Gasteiger partial charge in [0.2, 0.25) is 0 Å². The van der Waals surface area contributed by atoms with Gasteiger partial charge in [-0.1, -0.05) is 11.6 Å². The number of carbonyl (C=O) groups is 1. The number of amides is 1. The summed E-state index contributed by atoms with van der Waals surface area (Å²) >= 11 is 6.01. The molecular formula is C16H23ClN2O2. The average molecular weight is 311 g/mol. The van der Waals surface area contributed by atoms with Crippen molar-refractivity contribution in [2.75, 3.05) is 6.54 Å². The predicted molar refractivity (Wildman–Crippen MR) is 84.9 cm³/mol. The Morgan fingerprint density at radius 2 is 2.10 bits per heavy atom. The van der Waals surface area contributed by atoms with E-state index in [0.29, 0.717) is 22.9 Å². The van der Waals surface area contributed by atoms with Crippen LogP contribution < -0.4 is 15.8 Å². The number of carbonyl (C=O) groups excluding carboxylic acids is 1. The van der Waals surface area contributed by atoms with Gasteiger partial charge in [0.05, 0.1) is 11.7 Å². The van der Waals surface area contributed by atoms with E-state index in [9.17, 15) is 4.79 Å². The van der Waals surface area contributed by atoms with Crippen LogP contribution in [-0.2, 0) is 0 Å². The monoisotopic (exact) mass is 310 g/mol. The molecule has 1 aromatic rings. The first kappa shape index (κ1) is 16.1. The van der Waals surface area contributed by atoms with Crippen molar-refractivity contribution in [1.29, 1.82) is 0 Å². The van der Waals surface area contributed by atoms with Gasteiger partial charge in [-0.15, -0.1) is 0 Å². The normalized spacial score (nSPS) is 16.0. The van der Waals surface area contributed by atoms with Crippen molar-refractivity contribution in [3.05, 3.63) is 28.8 Å². The Kier molecular flexibility index (Phi) is 5.12. The maximum Gasteiger partial charge on any atom is 0.255 e. The van der Waals surface area contributed by atoms with E-state index in [-0.39, 0.29) is 12.0 Å². The molecule has 0 aromatic heterocycles. The van der Waals surface area contributed by atoms with Crippen molar-refractivity contribution in [2.24, 2.45) is 5.73 Å². The quantitative estimate of drug-likeness (QED) is 0.878. The van der Waals surface area contributed by atoms with Crippen molar-refractivity contribution in [3.8, 4) is 5.75 Å². The zero-order valence-corrected chi connectivity index (χ0v) is 13.4. The van der Waals surface area contributed by atoms with E-state index in [4.69, 9.17) is 22.1 Å². The van der Waals surface area contributed by atoms with Crippen molar-refractivity contribution in [2.45, 2.75) is 51.2 Å². The van der Waals surface area contributed by atoms with Gasteiger partial charge in [-0.3, -0.25) is 4.79 Å². The molecule has 0 atom stereocenters. The van der Waals surface area contributed by atoms with E-state index < -0.39 is 5.54 Å². The molecule has 0 spiro atoms. The Morgan fingerprint density at radius 3 is 2.71 bits per heavy atom. The lowest BCUT2D eigenvalue weighted by molar-refractivity contribution is 0.0938. The van der Waals surface area contributed by atoms with Crippen LogP contribution in [0.2, 0.25) is 5.02 Å². The molecule has 1 aliphatic carbocycles. The summed E-state index contributed by atoms with van der Waals surface area (Å²) in [6.45, 7) is 4.11. The average Bonchev–Trinajstić information content (AvgIpc) is 2.90. The third-order valence-electron chi connectivity index (χ3n) is 3.49. The number of nitrogens with two attached hydrogens (primary N) is 1. The van der Waals surface area contributed by atoms with E-state index in [1.807, 2.05) is 13.8 Å². The molecular weight excluding hydrogens is 288 g/mol. The second-order valence-corrected chi connectivity index (χ2v) is 6.77. The first-order valence-electron chi connectivity index (χ1n) is 7.38. The van der Waals surface area contributed by atoms with Crippen LogP contribution in [0.5, 0.6) is 5.75 Å². The highest BCUT2D eigenvalue weighted by molar-refractivity contribution is 6.31. The number of rotatable bonds is 5. The lowest BCUT2D eigenvalue weighted by Gasteiger charge is -2.20. The molecule has 0 aliphatic heterocycles. The van der Waals surface area contributed by atoms with Crippen molar-refractivity contribution in [1.82, 2.24) is 5.32 Å². The minimum Gasteiger partial charge on any atom is -0.490 e. The van der Waals surface area contributed by atoms with E-state index >= 15 is 0 Å². The molecule has 0 heterocycles. The molecule has 116 valence electrons. The van der Waals surface area contributed by atoms with Gasteiger partial charge < -0.3 is 15.8 Å². The summed E-state index contributed by atoms with van der Waals surface area (Å²) in [6.07, 6.45) is 4.64. The fourth-order valence-electron chi connectivity index (χ4n) is 2.37. The Morgan fingerprint density at radius 1 is 1.43 bits per heavy atom. The third-order valence-corrected chi connectivity index (χ3v) is 3.72. The highest BCUT2D eigenvalue weighted by Gasteiger charge is 2.21. The summed E-state index contributed by atoms with van der Waals surface area (Å²) in [6, 6.07) is 5.16. The van der Waals surface area contributed by atoms with Gasteiger partial charge in [0.1, 0.15) is 5.75 Å². The van der Waals surface area contributed by atoms with Crippen LogP contribution in [0.1, 0.15) is 49.9 Å². The second kappa shape index (κ2) is 6.67. The second-order valence-electron chi connectivity index (χ2n) is 6.34. The third kappa shape index (κ3) is 4.90. The van der Waals surface area contributed by atoms with Crippen molar-refractivity contribution < 1.29 is 9.53 Å². The molecule has 2 rings (SSSR count). The topological polar surface area (TPSA) is 64.3 Å². The SMILES string of the molecule is CC(C)(N)CNC(=O)c1cc(Cl)ccc1OC1CCCC1. The van der Waals surface area contributed by atoms with E-state index in [1.165, 1.54) is 12.8 Å². The van der Waals surface area contributed by atoms with Gasteiger partial charge in [-0.05, 0) is 57.7 Å². The fourth-order valence-corrected chi connectivity index (χ4v) is 2.54. The lowest BCUT2D eigenvalue weighted by atomic mass is 10.1. The van der Waals surface area contributed by atoms with Crippen LogP contribution in [-0.4, -0.2) is 24.1 Å². The molecule has 1 saturated carbocycles. The molecule has 4 nitrogen and oxygen atoms in total. The number of ether oxygens (including phenoxy) is 1. The van der Waals surface area contributed by atoms with E-state index in [0.717, 1.165) is 12.8 Å². The van der Waals surface area contributed by atoms with Gasteiger partial charge >= 0.3 is 0 Å². The van der Waals surface area contributed by atoms with Gasteiger partial charge in [-0.2, -0.15) is 0 Å². The summed E-state index contributed by atoms with van der Waals surface area (Å²) in [7, 11) is 0. The van der Waals surface area contributed by atoms with Crippen LogP contribution in [0, 0.1) is 0 Å². The number of halogens is 1. The summed E-state index contributed by atoms with van der Waals surface area (Å²) in [4.78, 5) is 12.3. The molecule has 1 amide bonds. The lowest BCUT2D eigenvalue weighted by Crippen LogP contribution is -2.45. The Balaban J connectivity index is 2.12. The molecule has 1 fully saturated rings. The Hall–Kier alpha value is -1.26. The number of hydrogen-bond donors (Lipinski definition) is 2. The van der Waals surface area contributed by atoms with Gasteiger partial charge in [-0.25, -0.2) is 0 Å². The summed E-state index contributed by atoms with van der Waals surface area (Å²) in [5.41, 5.74) is 5.90. The van der Waals surface area contributed by atoms with Crippen molar-refractivity contribution in [3.63, 3.8) is 0 Å². The van der Waals surface area contributed by atoms with Crippen LogP contribution in [0.3, 0.4) is 0 Å². The van der Waals surface area contributed by atoms with Gasteiger partial charge in [0, 0.05) is 17.1 Å². The first-order valence-corrected chi connectivity index (χ1v) is 7.76. The first-order chi connectivity index (χ1) is 9.85. The number of hydrogen-bond acceptors (Lipinski definition) is 3. The van der Waals surface area contributed by atoms with Crippen LogP contribution in [0.4, 0.5) is 0 Å². The summed E-state index contributed by atoms with van der Waals surface area (Å²) in [5, 5.41) is 3.35. The van der Waals surface area contributed by atoms with Gasteiger partial charge in [0.15, 0.2) is 0 Å². The zero-order valence-electron chi connectivity index (χ0n) is 12.6. The predicted octanol–water partition coefficient (Wildman–Crippen LogP) is 3.13. The molecule has 0 radical (unpaired) electrons. The van der Waals surface area contributed by atoms with Crippen LogP contribution in [0.15, 0.2) is 18.2 Å². The highest BCUT2D eigenvalue weighted by atomic mass is 35.5. The van der Waals surface area contributed by atoms with Crippen LogP contribution in [0.25, 0.3) is 0 Å². The summed E-state index contributed by atoms with van der Waals surface area (Å²) < 4.78 is 5.96. The maximum absolute atomic E-state index is 12.3. The van der Waals surface area contributed by atoms with Crippen molar-refractivity contribution >= 4 is 17.5 Å². The fraction of sp³-hybridized carbons (Fsp3) is 0.562. The highest BCUT2D eigenvalue weighted by Crippen LogP contribution is 2.28. The largest absolute Gasteiger partial charge is 0.490 e. The minimum atomic E-state index is -0.458. The Bertz CT molecular complexity index is 505. The molecule has 21 heavy (non-hydrogen) atoms. The zero-order chi connectivity index (χ0) is 15.5. The molecule has 3 N–H and O–H groups in total. The van der Waals surface area contributed by atoms with E-state index in [1.54, 1.807) is 18.2 Å². The van der Waals surface area contributed by atoms with Gasteiger partial charge in [0.25, 0.3) is 5.91 Å².